The first-order chi connectivity index (χ1) is 8.19. The first-order valence-electron chi connectivity index (χ1n) is 6.31. The molecule has 0 radical (unpaired) electrons. The third-order valence-electron chi connectivity index (χ3n) is 2.88. The Labute approximate surface area is 104 Å². The summed E-state index contributed by atoms with van der Waals surface area (Å²) in [4.78, 5) is 4.59. The minimum absolute atomic E-state index is 0.199. The van der Waals surface area contributed by atoms with Crippen LogP contribution in [0.2, 0.25) is 0 Å². The van der Waals surface area contributed by atoms with Gasteiger partial charge < -0.3 is 15.1 Å². The predicted octanol–water partition coefficient (Wildman–Crippen LogP) is 1.55. The molecule has 0 aliphatic carbocycles. The minimum Gasteiger partial charge on any atom is -0.468 e. The van der Waals surface area contributed by atoms with E-state index in [0.29, 0.717) is 6.54 Å². The van der Waals surface area contributed by atoms with E-state index in [9.17, 15) is 0 Å². The third kappa shape index (κ3) is 4.50. The Bertz CT molecular complexity index is 285. The van der Waals surface area contributed by atoms with Gasteiger partial charge in [-0.25, -0.2) is 0 Å². The Hall–Kier alpha value is -0.840. The lowest BCUT2D eigenvalue weighted by atomic mass is 10.1. The summed E-state index contributed by atoms with van der Waals surface area (Å²) in [5.41, 5.74) is 5.89. The fourth-order valence-electron chi connectivity index (χ4n) is 1.97. The number of hydrogen-bond acceptors (Lipinski definition) is 4. The minimum atomic E-state index is 0.199. The Morgan fingerprint density at radius 2 is 2.06 bits per heavy atom. The second kappa shape index (κ2) is 7.48. The van der Waals surface area contributed by atoms with E-state index >= 15 is 0 Å². The van der Waals surface area contributed by atoms with E-state index in [1.54, 1.807) is 6.26 Å². The van der Waals surface area contributed by atoms with Crippen LogP contribution in [0.25, 0.3) is 0 Å². The van der Waals surface area contributed by atoms with E-state index < -0.39 is 0 Å². The van der Waals surface area contributed by atoms with Crippen LogP contribution in [0.15, 0.2) is 22.8 Å². The van der Waals surface area contributed by atoms with Gasteiger partial charge in [-0.15, -0.1) is 0 Å². The van der Waals surface area contributed by atoms with Crippen LogP contribution >= 0.6 is 0 Å². The highest BCUT2D eigenvalue weighted by atomic mass is 16.3. The molecule has 0 bridgehead atoms. The first-order valence-corrected chi connectivity index (χ1v) is 6.31. The predicted molar refractivity (Wildman–Crippen MR) is 70.9 cm³/mol. The lowest BCUT2D eigenvalue weighted by Gasteiger charge is -2.30. The lowest BCUT2D eigenvalue weighted by Crippen LogP contribution is -2.38. The van der Waals surface area contributed by atoms with Gasteiger partial charge in [-0.2, -0.15) is 0 Å². The van der Waals surface area contributed by atoms with Crippen molar-refractivity contribution in [3.63, 3.8) is 0 Å². The second-order valence-corrected chi connectivity index (χ2v) is 4.61. The molecule has 1 atom stereocenters. The van der Waals surface area contributed by atoms with Crippen molar-refractivity contribution in [3.05, 3.63) is 24.2 Å². The molecule has 1 rings (SSSR count). The molecule has 0 saturated carbocycles. The summed E-state index contributed by atoms with van der Waals surface area (Å²) in [6, 6.07) is 4.13. The molecule has 4 nitrogen and oxygen atoms in total. The van der Waals surface area contributed by atoms with Gasteiger partial charge in [0.2, 0.25) is 0 Å². The fraction of sp³-hybridized carbons (Fsp3) is 0.692. The van der Waals surface area contributed by atoms with Crippen LogP contribution in [0.5, 0.6) is 0 Å². The molecule has 1 aromatic heterocycles. The van der Waals surface area contributed by atoms with Crippen molar-refractivity contribution in [1.29, 1.82) is 0 Å². The molecule has 0 fully saturated rings. The molecule has 0 spiro atoms. The number of hydrogen-bond donors (Lipinski definition) is 1. The van der Waals surface area contributed by atoms with Gasteiger partial charge in [0.25, 0.3) is 0 Å². The number of rotatable bonds is 8. The van der Waals surface area contributed by atoms with Gasteiger partial charge in [0.15, 0.2) is 0 Å². The normalized spacial score (nSPS) is 13.5. The average Bonchev–Trinajstić information content (AvgIpc) is 2.80. The van der Waals surface area contributed by atoms with Gasteiger partial charge in [0.05, 0.1) is 12.3 Å². The molecular weight excluding hydrogens is 214 g/mol. The molecule has 17 heavy (non-hydrogen) atoms. The standard InChI is InChI=1S/C13H25N3O/c1-4-7-16(9-8-15(2)3)12(11-14)13-6-5-10-17-13/h5-6,10,12H,4,7-9,11,14H2,1-3H3. The quantitative estimate of drug-likeness (QED) is 0.747. The van der Waals surface area contributed by atoms with Gasteiger partial charge in [-0.05, 0) is 39.2 Å². The van der Waals surface area contributed by atoms with E-state index in [4.69, 9.17) is 10.2 Å². The van der Waals surface area contributed by atoms with Crippen LogP contribution in [0.3, 0.4) is 0 Å². The zero-order valence-corrected chi connectivity index (χ0v) is 11.2. The molecule has 1 aromatic rings. The number of nitrogens with two attached hydrogens (primary N) is 1. The molecular formula is C13H25N3O. The zero-order valence-electron chi connectivity index (χ0n) is 11.2. The van der Waals surface area contributed by atoms with E-state index in [-0.39, 0.29) is 6.04 Å². The maximum absolute atomic E-state index is 5.89. The molecule has 0 aliphatic rings. The van der Waals surface area contributed by atoms with Crippen LogP contribution in [-0.2, 0) is 0 Å². The Morgan fingerprint density at radius 3 is 2.53 bits per heavy atom. The highest BCUT2D eigenvalue weighted by Crippen LogP contribution is 2.20. The lowest BCUT2D eigenvalue weighted by molar-refractivity contribution is 0.164. The van der Waals surface area contributed by atoms with E-state index in [0.717, 1.165) is 31.8 Å². The van der Waals surface area contributed by atoms with E-state index in [1.807, 2.05) is 12.1 Å². The number of nitrogens with zero attached hydrogens (tertiary/aromatic N) is 2. The zero-order chi connectivity index (χ0) is 12.7. The Balaban J connectivity index is 2.65. The van der Waals surface area contributed by atoms with Gasteiger partial charge in [0.1, 0.15) is 5.76 Å². The van der Waals surface area contributed by atoms with Crippen molar-refractivity contribution < 1.29 is 4.42 Å². The highest BCUT2D eigenvalue weighted by Gasteiger charge is 2.20. The van der Waals surface area contributed by atoms with Gasteiger partial charge in [0, 0.05) is 19.6 Å². The summed E-state index contributed by atoms with van der Waals surface area (Å²) in [5, 5.41) is 0. The first kappa shape index (κ1) is 14.2. The molecule has 4 heteroatoms. The van der Waals surface area contributed by atoms with E-state index in [1.165, 1.54) is 0 Å². The molecule has 0 amide bonds. The molecule has 2 N–H and O–H groups in total. The van der Waals surface area contributed by atoms with Gasteiger partial charge in [-0.3, -0.25) is 4.90 Å². The molecule has 1 heterocycles. The van der Waals surface area contributed by atoms with Gasteiger partial charge in [-0.1, -0.05) is 6.92 Å². The molecule has 1 unspecified atom stereocenters. The van der Waals surface area contributed by atoms with Crippen LogP contribution in [0.1, 0.15) is 25.1 Å². The topological polar surface area (TPSA) is 45.6 Å². The van der Waals surface area contributed by atoms with Crippen LogP contribution in [0, 0.1) is 0 Å². The van der Waals surface area contributed by atoms with Gasteiger partial charge >= 0.3 is 0 Å². The van der Waals surface area contributed by atoms with Crippen molar-refractivity contribution in [2.75, 3.05) is 40.3 Å². The van der Waals surface area contributed by atoms with Crippen molar-refractivity contribution in [2.45, 2.75) is 19.4 Å². The van der Waals surface area contributed by atoms with Crippen molar-refractivity contribution in [2.24, 2.45) is 5.73 Å². The summed E-state index contributed by atoms with van der Waals surface area (Å²) in [7, 11) is 4.18. The molecule has 0 saturated heterocycles. The summed E-state index contributed by atoms with van der Waals surface area (Å²) in [6.45, 7) is 5.90. The summed E-state index contributed by atoms with van der Waals surface area (Å²) in [5.74, 6) is 0.972. The third-order valence-corrected chi connectivity index (χ3v) is 2.88. The fourth-order valence-corrected chi connectivity index (χ4v) is 1.97. The molecule has 98 valence electrons. The number of furan rings is 1. The van der Waals surface area contributed by atoms with Crippen LogP contribution < -0.4 is 5.73 Å². The number of likely N-dealkylation sites (N-methyl/N-ethyl adjacent to an activating group) is 1. The smallest absolute Gasteiger partial charge is 0.122 e. The maximum Gasteiger partial charge on any atom is 0.122 e. The largest absolute Gasteiger partial charge is 0.468 e. The molecule has 0 aliphatic heterocycles. The van der Waals surface area contributed by atoms with Crippen molar-refractivity contribution in [1.82, 2.24) is 9.80 Å². The maximum atomic E-state index is 5.89. The van der Waals surface area contributed by atoms with Crippen LogP contribution in [-0.4, -0.2) is 50.1 Å². The monoisotopic (exact) mass is 239 g/mol. The Kier molecular flexibility index (Phi) is 6.26. The highest BCUT2D eigenvalue weighted by molar-refractivity contribution is 5.05. The Morgan fingerprint density at radius 1 is 1.29 bits per heavy atom. The second-order valence-electron chi connectivity index (χ2n) is 4.61. The summed E-state index contributed by atoms with van der Waals surface area (Å²) in [6.07, 6.45) is 2.85. The van der Waals surface area contributed by atoms with Crippen molar-refractivity contribution >= 4 is 0 Å². The summed E-state index contributed by atoms with van der Waals surface area (Å²) >= 11 is 0. The van der Waals surface area contributed by atoms with Crippen molar-refractivity contribution in [3.8, 4) is 0 Å². The summed E-state index contributed by atoms with van der Waals surface area (Å²) < 4.78 is 5.49. The van der Waals surface area contributed by atoms with Crippen LogP contribution in [0.4, 0.5) is 0 Å². The SMILES string of the molecule is CCCN(CCN(C)C)C(CN)c1ccco1. The molecule has 0 aromatic carbocycles. The van der Waals surface area contributed by atoms with E-state index in [2.05, 4.69) is 30.8 Å². The average molecular weight is 239 g/mol.